The Morgan fingerprint density at radius 1 is 0.977 bits per heavy atom. The molecule has 0 fully saturated rings. The number of hydrogen-bond donors (Lipinski definition) is 0. The molecule has 4 aromatic carbocycles. The molecule has 1 aliphatic heterocycles. The van der Waals surface area contributed by atoms with E-state index in [9.17, 15) is 9.59 Å². The molecule has 0 radical (unpaired) electrons. The van der Waals surface area contributed by atoms with Gasteiger partial charge in [-0.2, -0.15) is 0 Å². The van der Waals surface area contributed by atoms with Crippen molar-refractivity contribution < 1.29 is 14.3 Å². The van der Waals surface area contributed by atoms with E-state index in [-0.39, 0.29) is 12.2 Å². The number of carbonyl (C=O) groups is 1. The average molecular weight is 826 g/mol. The van der Waals surface area contributed by atoms with Crippen LogP contribution in [0.2, 0.25) is 0 Å². The van der Waals surface area contributed by atoms with Crippen molar-refractivity contribution in [3.63, 3.8) is 0 Å². The van der Waals surface area contributed by atoms with Gasteiger partial charge in [-0.15, -0.1) is 0 Å². The molecule has 1 atom stereocenters. The summed E-state index contributed by atoms with van der Waals surface area (Å²) in [5, 5.41) is 2.39. The van der Waals surface area contributed by atoms with Crippen LogP contribution in [0, 0.1) is 14.1 Å². The van der Waals surface area contributed by atoms with Crippen molar-refractivity contribution >= 4 is 79.3 Å². The Labute approximate surface area is 286 Å². The normalized spacial score (nSPS) is 14.8. The second kappa shape index (κ2) is 13.0. The standard InChI is InChI=1S/C35H28I2N2O4S/c1-4-42-34(41)30-21(3)38-35-39(31(30)25-12-9-20(2)10-13-25)33(40)29(44-35)18-23-16-27(36)32(28(37)17-23)43-19-22-11-14-24-7-5-6-8-26(24)15-22/h5-18,31H,4,19H2,1-3H3/b29-18+/t31-/m1/s1. The highest BCUT2D eigenvalue weighted by atomic mass is 127. The third-order valence-electron chi connectivity index (χ3n) is 7.43. The maximum atomic E-state index is 14.0. The molecular formula is C35H28I2N2O4S. The Morgan fingerprint density at radius 2 is 1.68 bits per heavy atom. The van der Waals surface area contributed by atoms with Crippen molar-refractivity contribution in [3.05, 3.63) is 139 Å². The van der Waals surface area contributed by atoms with Crippen molar-refractivity contribution in [2.75, 3.05) is 6.61 Å². The lowest BCUT2D eigenvalue weighted by Gasteiger charge is -2.24. The van der Waals surface area contributed by atoms with E-state index in [1.54, 1.807) is 18.4 Å². The van der Waals surface area contributed by atoms with Gasteiger partial charge in [-0.3, -0.25) is 9.36 Å². The van der Waals surface area contributed by atoms with Gasteiger partial charge in [0.25, 0.3) is 5.56 Å². The fourth-order valence-electron chi connectivity index (χ4n) is 5.29. The molecule has 9 heteroatoms. The fourth-order valence-corrected chi connectivity index (χ4v) is 8.47. The highest BCUT2D eigenvalue weighted by Crippen LogP contribution is 2.32. The summed E-state index contributed by atoms with van der Waals surface area (Å²) in [6.07, 6.45) is 1.89. The SMILES string of the molecule is CCOC(=O)C1=C(C)N=c2s/c(=C/c3cc(I)c(OCc4ccc5ccccc5c4)c(I)c3)c(=O)n2[C@@H]1c1ccc(C)cc1. The van der Waals surface area contributed by atoms with Gasteiger partial charge in [0.2, 0.25) is 0 Å². The fraction of sp³-hybridized carbons (Fsp3) is 0.171. The summed E-state index contributed by atoms with van der Waals surface area (Å²) in [5.74, 6) is 0.351. The zero-order chi connectivity index (χ0) is 31.0. The van der Waals surface area contributed by atoms with Crippen molar-refractivity contribution in [3.8, 4) is 5.75 Å². The number of fused-ring (bicyclic) bond motifs is 2. The zero-order valence-corrected chi connectivity index (χ0v) is 29.4. The predicted molar refractivity (Wildman–Crippen MR) is 192 cm³/mol. The second-order valence-electron chi connectivity index (χ2n) is 10.5. The molecule has 0 amide bonds. The molecule has 2 heterocycles. The van der Waals surface area contributed by atoms with Gasteiger partial charge in [0.1, 0.15) is 12.4 Å². The molecule has 0 saturated heterocycles. The lowest BCUT2D eigenvalue weighted by atomic mass is 9.95. The van der Waals surface area contributed by atoms with E-state index in [1.807, 2.05) is 61.5 Å². The van der Waals surface area contributed by atoms with Crippen LogP contribution >= 0.6 is 56.5 Å². The van der Waals surface area contributed by atoms with Crippen LogP contribution in [0.15, 0.2) is 99.9 Å². The Morgan fingerprint density at radius 3 is 2.39 bits per heavy atom. The van der Waals surface area contributed by atoms with Gasteiger partial charge in [-0.05, 0) is 118 Å². The van der Waals surface area contributed by atoms with Crippen LogP contribution in [-0.4, -0.2) is 17.1 Å². The first-order valence-electron chi connectivity index (χ1n) is 14.1. The zero-order valence-electron chi connectivity index (χ0n) is 24.3. The van der Waals surface area contributed by atoms with Crippen LogP contribution in [0.3, 0.4) is 0 Å². The Balaban J connectivity index is 1.35. The summed E-state index contributed by atoms with van der Waals surface area (Å²) in [6.45, 7) is 6.26. The van der Waals surface area contributed by atoms with Gasteiger partial charge in [0, 0.05) is 0 Å². The summed E-state index contributed by atoms with van der Waals surface area (Å²) >= 11 is 5.89. The maximum absolute atomic E-state index is 14.0. The number of allylic oxidation sites excluding steroid dienone is 1. The molecule has 1 aromatic heterocycles. The van der Waals surface area contributed by atoms with E-state index in [0.717, 1.165) is 35.1 Å². The van der Waals surface area contributed by atoms with E-state index in [1.165, 1.54) is 22.1 Å². The number of benzene rings is 4. The lowest BCUT2D eigenvalue weighted by Crippen LogP contribution is -2.39. The smallest absolute Gasteiger partial charge is 0.338 e. The molecule has 0 aliphatic carbocycles. The molecule has 1 aliphatic rings. The van der Waals surface area contributed by atoms with Crippen LogP contribution in [0.1, 0.15) is 42.1 Å². The Kier molecular flexibility index (Phi) is 9.06. The van der Waals surface area contributed by atoms with E-state index in [4.69, 9.17) is 9.47 Å². The number of thiazole rings is 1. The van der Waals surface area contributed by atoms with Gasteiger partial charge in [-0.1, -0.05) is 77.6 Å². The number of esters is 1. The van der Waals surface area contributed by atoms with E-state index in [2.05, 4.69) is 80.5 Å². The highest BCUT2D eigenvalue weighted by molar-refractivity contribution is 14.1. The van der Waals surface area contributed by atoms with Crippen molar-refractivity contribution in [1.29, 1.82) is 0 Å². The third-order valence-corrected chi connectivity index (χ3v) is 10.0. The van der Waals surface area contributed by atoms with Crippen LogP contribution in [0.4, 0.5) is 0 Å². The van der Waals surface area contributed by atoms with E-state index in [0.29, 0.717) is 27.2 Å². The molecule has 6 nitrogen and oxygen atoms in total. The summed E-state index contributed by atoms with van der Waals surface area (Å²) in [6, 6.07) is 25.9. The van der Waals surface area contributed by atoms with Crippen molar-refractivity contribution in [2.45, 2.75) is 33.4 Å². The summed E-state index contributed by atoms with van der Waals surface area (Å²) in [7, 11) is 0. The number of hydrogen-bond acceptors (Lipinski definition) is 6. The molecule has 5 aromatic rings. The monoisotopic (exact) mass is 826 g/mol. The first kappa shape index (κ1) is 30.7. The minimum atomic E-state index is -0.626. The number of aryl methyl sites for hydroxylation is 1. The number of carbonyl (C=O) groups excluding carboxylic acids is 1. The van der Waals surface area contributed by atoms with Crippen LogP contribution in [0.25, 0.3) is 16.8 Å². The molecule has 0 N–H and O–H groups in total. The number of rotatable bonds is 7. The summed E-state index contributed by atoms with van der Waals surface area (Å²) in [4.78, 5) is 32.3. The van der Waals surface area contributed by atoms with Gasteiger partial charge in [0.05, 0.1) is 35.6 Å². The summed E-state index contributed by atoms with van der Waals surface area (Å²) < 4.78 is 15.7. The predicted octanol–water partition coefficient (Wildman–Crippen LogP) is 7.05. The van der Waals surface area contributed by atoms with E-state index >= 15 is 0 Å². The molecule has 0 saturated carbocycles. The average Bonchev–Trinajstić information content (AvgIpc) is 3.30. The second-order valence-corrected chi connectivity index (χ2v) is 13.8. The molecule has 44 heavy (non-hydrogen) atoms. The quantitative estimate of drug-likeness (QED) is 0.131. The highest BCUT2D eigenvalue weighted by Gasteiger charge is 2.33. The van der Waals surface area contributed by atoms with E-state index < -0.39 is 12.0 Å². The minimum absolute atomic E-state index is 0.199. The number of aromatic nitrogens is 1. The molecule has 6 rings (SSSR count). The number of nitrogens with zero attached hydrogens (tertiary/aromatic N) is 2. The molecule has 0 spiro atoms. The molecule has 0 bridgehead atoms. The topological polar surface area (TPSA) is 69.9 Å². The maximum Gasteiger partial charge on any atom is 0.338 e. The lowest BCUT2D eigenvalue weighted by molar-refractivity contribution is -0.139. The Hall–Kier alpha value is -3.29. The van der Waals surface area contributed by atoms with Gasteiger partial charge < -0.3 is 9.47 Å². The van der Waals surface area contributed by atoms with Gasteiger partial charge >= 0.3 is 5.97 Å². The molecule has 222 valence electrons. The third kappa shape index (κ3) is 6.14. The first-order chi connectivity index (χ1) is 21.2. The van der Waals surface area contributed by atoms with Crippen molar-refractivity contribution in [1.82, 2.24) is 4.57 Å². The molecular weight excluding hydrogens is 798 g/mol. The van der Waals surface area contributed by atoms with Gasteiger partial charge in [-0.25, -0.2) is 9.79 Å². The van der Waals surface area contributed by atoms with Gasteiger partial charge in [0.15, 0.2) is 4.80 Å². The number of halogens is 2. The van der Waals surface area contributed by atoms with Crippen LogP contribution in [-0.2, 0) is 16.1 Å². The molecule has 0 unspecified atom stereocenters. The van der Waals surface area contributed by atoms with Crippen molar-refractivity contribution in [2.24, 2.45) is 4.99 Å². The Bertz CT molecular complexity index is 2110. The first-order valence-corrected chi connectivity index (χ1v) is 17.1. The van der Waals surface area contributed by atoms with Crippen LogP contribution < -0.4 is 19.6 Å². The summed E-state index contributed by atoms with van der Waals surface area (Å²) in [5.41, 5.74) is 4.64. The largest absolute Gasteiger partial charge is 0.487 e. The number of ether oxygens (including phenoxy) is 2. The minimum Gasteiger partial charge on any atom is -0.487 e. The van der Waals surface area contributed by atoms with Crippen LogP contribution in [0.5, 0.6) is 5.75 Å².